The van der Waals surface area contributed by atoms with Crippen LogP contribution >= 0.6 is 0 Å². The number of aromatic nitrogens is 4. The number of nitrogens with one attached hydrogen (secondary N) is 1. The van der Waals surface area contributed by atoms with E-state index in [1.807, 2.05) is 13.0 Å². The van der Waals surface area contributed by atoms with E-state index in [0.29, 0.717) is 60.9 Å². The zero-order valence-electron chi connectivity index (χ0n) is 25.4. The van der Waals surface area contributed by atoms with Crippen molar-refractivity contribution >= 4 is 43.8 Å². The van der Waals surface area contributed by atoms with E-state index in [1.165, 1.54) is 10.2 Å². The molecular formula is C31H36N6O5S2. The number of anilines is 1. The first kappa shape index (κ1) is 30.4. The Labute approximate surface area is 259 Å². The van der Waals surface area contributed by atoms with Crippen LogP contribution in [-0.4, -0.2) is 63.3 Å². The van der Waals surface area contributed by atoms with E-state index >= 15 is 0 Å². The standard InChI is InChI=1S/C31H36N6O5S2/c1-20-6-8-22(9-7-20)44(40,41)37-15-11-24-23(10-14-32-28(24)37)27-33-25(18-26(34-27)36-16-17-42-19-21(36)2)31(12-13-31)43(39)35-29(38)30(3,4)5/h6-11,14-15,18,21H,12-13,16-17,19H2,1-5H3,(H,35,38)/t21-,43-/m1/s1. The molecule has 0 unspecified atom stereocenters. The van der Waals surface area contributed by atoms with E-state index in [0.717, 1.165) is 5.56 Å². The number of rotatable bonds is 7. The average Bonchev–Trinajstić information content (AvgIpc) is 3.68. The van der Waals surface area contributed by atoms with Gasteiger partial charge in [-0.05, 0) is 51.0 Å². The number of nitrogens with zero attached hydrogens (tertiary/aromatic N) is 5. The predicted molar refractivity (Wildman–Crippen MR) is 169 cm³/mol. The lowest BCUT2D eigenvalue weighted by atomic mass is 9.96. The highest BCUT2D eigenvalue weighted by Crippen LogP contribution is 2.51. The lowest BCUT2D eigenvalue weighted by Crippen LogP contribution is -2.44. The van der Waals surface area contributed by atoms with E-state index in [4.69, 9.17) is 14.7 Å². The highest BCUT2D eigenvalue weighted by atomic mass is 32.2. The molecule has 2 fully saturated rings. The van der Waals surface area contributed by atoms with Crippen molar-refractivity contribution < 1.29 is 22.2 Å². The number of pyridine rings is 1. The molecule has 0 spiro atoms. The predicted octanol–water partition coefficient (Wildman–Crippen LogP) is 4.08. The monoisotopic (exact) mass is 636 g/mol. The number of fused-ring (bicyclic) bond motifs is 1. The van der Waals surface area contributed by atoms with Gasteiger partial charge in [-0.2, -0.15) is 0 Å². The quantitative estimate of drug-likeness (QED) is 0.318. The Morgan fingerprint density at radius 3 is 2.50 bits per heavy atom. The van der Waals surface area contributed by atoms with Crippen molar-refractivity contribution in [3.05, 3.63) is 66.1 Å². The molecule has 4 heterocycles. The number of morpholine rings is 1. The molecule has 11 nitrogen and oxygen atoms in total. The van der Waals surface area contributed by atoms with Crippen molar-refractivity contribution in [2.45, 2.75) is 63.1 Å². The van der Waals surface area contributed by atoms with Crippen LogP contribution in [-0.2, 0) is 35.3 Å². The van der Waals surface area contributed by atoms with Crippen LogP contribution in [0.5, 0.6) is 0 Å². The molecular weight excluding hydrogens is 601 g/mol. The van der Waals surface area contributed by atoms with Gasteiger partial charge in [-0.25, -0.2) is 31.6 Å². The van der Waals surface area contributed by atoms with Gasteiger partial charge in [-0.1, -0.05) is 38.5 Å². The van der Waals surface area contributed by atoms with Crippen molar-refractivity contribution in [1.82, 2.24) is 23.6 Å². The van der Waals surface area contributed by atoms with Gasteiger partial charge >= 0.3 is 0 Å². The Kier molecular flexibility index (Phi) is 7.61. The molecule has 1 N–H and O–H groups in total. The van der Waals surface area contributed by atoms with Gasteiger partial charge in [0.15, 0.2) is 11.5 Å². The summed E-state index contributed by atoms with van der Waals surface area (Å²) >= 11 is 0. The zero-order chi connectivity index (χ0) is 31.4. The van der Waals surface area contributed by atoms with Gasteiger partial charge in [0.25, 0.3) is 10.0 Å². The maximum Gasteiger partial charge on any atom is 0.269 e. The van der Waals surface area contributed by atoms with Gasteiger partial charge in [0.05, 0.1) is 29.8 Å². The van der Waals surface area contributed by atoms with Gasteiger partial charge < -0.3 is 9.64 Å². The molecule has 2 aliphatic rings. The van der Waals surface area contributed by atoms with Crippen LogP contribution in [0.25, 0.3) is 22.4 Å². The van der Waals surface area contributed by atoms with Crippen LogP contribution in [0.4, 0.5) is 5.82 Å². The normalized spacial score (nSPS) is 19.1. The fourth-order valence-electron chi connectivity index (χ4n) is 5.22. The molecule has 0 radical (unpaired) electrons. The van der Waals surface area contributed by atoms with Gasteiger partial charge in [0.1, 0.15) is 21.6 Å². The van der Waals surface area contributed by atoms with Crippen LogP contribution in [0.15, 0.2) is 59.8 Å². The molecule has 4 aromatic rings. The molecule has 13 heteroatoms. The van der Waals surface area contributed by atoms with Gasteiger partial charge in [0.2, 0.25) is 5.91 Å². The molecule has 2 atom stereocenters. The molecule has 0 bridgehead atoms. The first-order chi connectivity index (χ1) is 20.8. The SMILES string of the molecule is Cc1ccc(S(=O)(=O)n2ccc3c(-c4nc(N5CCOC[C@H]5C)cc(C5([S@@](=O)NC(=O)C(C)(C)C)CC5)n4)ccnc32)cc1. The van der Waals surface area contributed by atoms with E-state index < -0.39 is 31.2 Å². The minimum Gasteiger partial charge on any atom is -0.377 e. The number of carbonyl (C=O) groups excluding carboxylic acids is 1. The molecule has 1 aromatic carbocycles. The second-order valence-corrected chi connectivity index (χ2v) is 15.9. The third-order valence-corrected chi connectivity index (χ3v) is 11.5. The van der Waals surface area contributed by atoms with Crippen molar-refractivity contribution in [2.24, 2.45) is 5.41 Å². The van der Waals surface area contributed by atoms with Crippen LogP contribution in [0.2, 0.25) is 0 Å². The summed E-state index contributed by atoms with van der Waals surface area (Å²) in [5, 5.41) is 0.563. The molecule has 44 heavy (non-hydrogen) atoms. The van der Waals surface area contributed by atoms with E-state index in [-0.39, 0.29) is 22.5 Å². The maximum atomic E-state index is 13.7. The number of hydrogen-bond acceptors (Lipinski definition) is 9. The number of benzene rings is 1. The molecule has 1 aliphatic heterocycles. The topological polar surface area (TPSA) is 136 Å². The summed E-state index contributed by atoms with van der Waals surface area (Å²) in [4.78, 5) is 29.4. The fourth-order valence-corrected chi connectivity index (χ4v) is 7.95. The lowest BCUT2D eigenvalue weighted by molar-refractivity contribution is -0.126. The Hall–Kier alpha value is -3.68. The highest BCUT2D eigenvalue weighted by molar-refractivity contribution is 7.90. The Morgan fingerprint density at radius 2 is 1.84 bits per heavy atom. The fraction of sp³-hybridized carbons (Fsp3) is 0.419. The van der Waals surface area contributed by atoms with Crippen LogP contribution < -0.4 is 9.62 Å². The number of amides is 1. The maximum absolute atomic E-state index is 13.7. The van der Waals surface area contributed by atoms with Gasteiger partial charge in [-0.3, -0.25) is 9.52 Å². The van der Waals surface area contributed by atoms with E-state index in [2.05, 4.69) is 21.5 Å². The minimum atomic E-state index is -3.92. The Bertz CT molecular complexity index is 1880. The molecule has 6 rings (SSSR count). The van der Waals surface area contributed by atoms with Crippen molar-refractivity contribution in [1.29, 1.82) is 0 Å². The number of carbonyl (C=O) groups is 1. The number of ether oxygens (including phenoxy) is 1. The zero-order valence-corrected chi connectivity index (χ0v) is 27.0. The minimum absolute atomic E-state index is 0.0405. The molecule has 1 saturated carbocycles. The van der Waals surface area contributed by atoms with Crippen LogP contribution in [0.1, 0.15) is 51.8 Å². The molecule has 1 amide bonds. The Balaban J connectivity index is 1.47. The largest absolute Gasteiger partial charge is 0.377 e. The third kappa shape index (κ3) is 5.41. The van der Waals surface area contributed by atoms with Crippen LogP contribution in [0.3, 0.4) is 0 Å². The smallest absolute Gasteiger partial charge is 0.269 e. The molecule has 232 valence electrons. The lowest BCUT2D eigenvalue weighted by Gasteiger charge is -2.34. The van der Waals surface area contributed by atoms with Gasteiger partial charge in [-0.15, -0.1) is 0 Å². The first-order valence-corrected chi connectivity index (χ1v) is 17.2. The summed E-state index contributed by atoms with van der Waals surface area (Å²) in [6.45, 7) is 11.0. The summed E-state index contributed by atoms with van der Waals surface area (Å²) in [6, 6.07) is 12.0. The second-order valence-electron chi connectivity index (χ2n) is 12.5. The molecule has 3 aromatic heterocycles. The highest BCUT2D eigenvalue weighted by Gasteiger charge is 2.53. The summed E-state index contributed by atoms with van der Waals surface area (Å²) in [5.74, 6) is 0.716. The number of hydrogen-bond donors (Lipinski definition) is 1. The number of aryl methyl sites for hydroxylation is 1. The van der Waals surface area contributed by atoms with Crippen LogP contribution in [0, 0.1) is 12.3 Å². The molecule has 1 aliphatic carbocycles. The van der Waals surface area contributed by atoms with Crippen molar-refractivity contribution in [3.8, 4) is 11.4 Å². The summed E-state index contributed by atoms with van der Waals surface area (Å²) in [7, 11) is -5.64. The first-order valence-electron chi connectivity index (χ1n) is 14.6. The van der Waals surface area contributed by atoms with Gasteiger partial charge in [0, 0.05) is 41.4 Å². The molecule has 1 saturated heterocycles. The third-order valence-electron chi connectivity index (χ3n) is 8.14. The average molecular weight is 637 g/mol. The second kappa shape index (κ2) is 11.0. The van der Waals surface area contributed by atoms with Crippen molar-refractivity contribution in [3.63, 3.8) is 0 Å². The summed E-state index contributed by atoms with van der Waals surface area (Å²) in [6.07, 6.45) is 4.22. The van der Waals surface area contributed by atoms with E-state index in [1.54, 1.807) is 63.4 Å². The van der Waals surface area contributed by atoms with E-state index in [9.17, 15) is 17.4 Å². The Morgan fingerprint density at radius 1 is 1.11 bits per heavy atom. The summed E-state index contributed by atoms with van der Waals surface area (Å²) < 4.78 is 49.6. The summed E-state index contributed by atoms with van der Waals surface area (Å²) in [5.41, 5.74) is 1.67. The van der Waals surface area contributed by atoms with Crippen molar-refractivity contribution in [2.75, 3.05) is 24.7 Å².